The lowest BCUT2D eigenvalue weighted by Gasteiger charge is -2.31. The molecule has 1 N–H and O–H groups in total. The number of halogens is 1. The molecule has 0 bridgehead atoms. The zero-order valence-corrected chi connectivity index (χ0v) is 14.7. The standard InChI is InChI=1S/C15H17ClN4O3S/c1-10-18-19-15(23-10)24-9-13(21)17-12-4-2-3-11(16)14(12)20-5-7-22-8-6-20/h2-4H,5-9H2,1H3,(H,17,21). The molecule has 3 rings (SSSR count). The van der Waals surface area contributed by atoms with Crippen LogP contribution in [0.4, 0.5) is 11.4 Å². The zero-order valence-electron chi connectivity index (χ0n) is 13.1. The highest BCUT2D eigenvalue weighted by atomic mass is 35.5. The Kier molecular flexibility index (Phi) is 5.60. The summed E-state index contributed by atoms with van der Waals surface area (Å²) in [5, 5.41) is 11.5. The van der Waals surface area contributed by atoms with Gasteiger partial charge in [0.2, 0.25) is 11.8 Å². The highest BCUT2D eigenvalue weighted by Gasteiger charge is 2.19. The molecule has 1 aromatic heterocycles. The normalized spacial score (nSPS) is 14.7. The number of morpholine rings is 1. The largest absolute Gasteiger partial charge is 0.416 e. The minimum absolute atomic E-state index is 0.160. The van der Waals surface area contributed by atoms with E-state index < -0.39 is 0 Å². The Hall–Kier alpha value is -1.77. The van der Waals surface area contributed by atoms with E-state index in [0.29, 0.717) is 35.0 Å². The summed E-state index contributed by atoms with van der Waals surface area (Å²) in [6, 6.07) is 5.48. The lowest BCUT2D eigenvalue weighted by Crippen LogP contribution is -2.37. The van der Waals surface area contributed by atoms with Crippen molar-refractivity contribution in [2.24, 2.45) is 0 Å². The van der Waals surface area contributed by atoms with Gasteiger partial charge in [0, 0.05) is 20.0 Å². The summed E-state index contributed by atoms with van der Waals surface area (Å²) in [6.07, 6.45) is 0. The third kappa shape index (κ3) is 4.19. The van der Waals surface area contributed by atoms with Crippen molar-refractivity contribution in [1.29, 1.82) is 0 Å². The summed E-state index contributed by atoms with van der Waals surface area (Å²) in [6.45, 7) is 4.47. The SMILES string of the molecule is Cc1nnc(SCC(=O)Nc2cccc(Cl)c2N2CCOCC2)o1. The van der Waals surface area contributed by atoms with E-state index in [1.807, 2.05) is 18.2 Å². The van der Waals surface area contributed by atoms with Gasteiger partial charge in [-0.25, -0.2) is 0 Å². The summed E-state index contributed by atoms with van der Waals surface area (Å²) in [4.78, 5) is 14.4. The van der Waals surface area contributed by atoms with Gasteiger partial charge in [0.15, 0.2) is 0 Å². The van der Waals surface area contributed by atoms with Crippen LogP contribution in [0.15, 0.2) is 27.8 Å². The highest BCUT2D eigenvalue weighted by molar-refractivity contribution is 7.99. The molecule has 0 unspecified atom stereocenters. The molecule has 1 aliphatic rings. The average Bonchev–Trinajstić information content (AvgIpc) is 2.99. The number of amides is 1. The summed E-state index contributed by atoms with van der Waals surface area (Å²) in [7, 11) is 0. The first-order valence-corrected chi connectivity index (χ1v) is 8.84. The molecular formula is C15H17ClN4O3S. The zero-order chi connectivity index (χ0) is 16.9. The van der Waals surface area contributed by atoms with Gasteiger partial charge in [-0.05, 0) is 12.1 Å². The molecule has 1 amide bonds. The number of thioether (sulfide) groups is 1. The number of hydrogen-bond acceptors (Lipinski definition) is 7. The maximum atomic E-state index is 12.2. The van der Waals surface area contributed by atoms with Crippen molar-refractivity contribution >= 4 is 40.6 Å². The number of nitrogens with zero attached hydrogens (tertiary/aromatic N) is 3. The average molecular weight is 369 g/mol. The molecule has 9 heteroatoms. The second kappa shape index (κ2) is 7.87. The van der Waals surface area contributed by atoms with Crippen molar-refractivity contribution in [3.63, 3.8) is 0 Å². The van der Waals surface area contributed by atoms with Gasteiger partial charge in [-0.1, -0.05) is 29.4 Å². The van der Waals surface area contributed by atoms with Crippen LogP contribution in [0.25, 0.3) is 0 Å². The van der Waals surface area contributed by atoms with Crippen LogP contribution >= 0.6 is 23.4 Å². The summed E-state index contributed by atoms with van der Waals surface area (Å²) >= 11 is 7.54. The number of rotatable bonds is 5. The number of para-hydroxylation sites is 1. The van der Waals surface area contributed by atoms with E-state index in [4.69, 9.17) is 20.8 Å². The smallest absolute Gasteiger partial charge is 0.277 e. The van der Waals surface area contributed by atoms with Crippen molar-refractivity contribution in [3.8, 4) is 0 Å². The van der Waals surface area contributed by atoms with Crippen LogP contribution in [-0.4, -0.2) is 48.2 Å². The van der Waals surface area contributed by atoms with Crippen LogP contribution in [0, 0.1) is 6.92 Å². The summed E-state index contributed by atoms with van der Waals surface area (Å²) < 4.78 is 10.6. The molecule has 0 radical (unpaired) electrons. The van der Waals surface area contributed by atoms with Crippen LogP contribution in [0.2, 0.25) is 5.02 Å². The van der Waals surface area contributed by atoms with E-state index in [2.05, 4.69) is 20.4 Å². The second-order valence-corrected chi connectivity index (χ2v) is 6.49. The van der Waals surface area contributed by atoms with Gasteiger partial charge in [0.1, 0.15) is 0 Å². The fraction of sp³-hybridized carbons (Fsp3) is 0.400. The van der Waals surface area contributed by atoms with Crippen molar-refractivity contribution in [2.75, 3.05) is 42.3 Å². The van der Waals surface area contributed by atoms with Gasteiger partial charge in [-0.3, -0.25) is 4.79 Å². The molecule has 1 fully saturated rings. The number of carbonyl (C=O) groups is 1. The summed E-state index contributed by atoms with van der Waals surface area (Å²) in [5.41, 5.74) is 1.52. The quantitative estimate of drug-likeness (QED) is 0.812. The number of hydrogen-bond donors (Lipinski definition) is 1. The summed E-state index contributed by atoms with van der Waals surface area (Å²) in [5.74, 6) is 0.492. The lowest BCUT2D eigenvalue weighted by molar-refractivity contribution is -0.113. The predicted octanol–water partition coefficient (Wildman–Crippen LogP) is 2.60. The fourth-order valence-electron chi connectivity index (χ4n) is 2.37. The van der Waals surface area contributed by atoms with E-state index in [0.717, 1.165) is 18.8 Å². The maximum absolute atomic E-state index is 12.2. The Morgan fingerprint density at radius 1 is 1.38 bits per heavy atom. The minimum Gasteiger partial charge on any atom is -0.416 e. The monoisotopic (exact) mass is 368 g/mol. The Bertz CT molecular complexity index is 718. The van der Waals surface area contributed by atoms with Crippen LogP contribution in [0.3, 0.4) is 0 Å². The molecule has 1 aliphatic heterocycles. The Morgan fingerprint density at radius 2 is 2.17 bits per heavy atom. The first kappa shape index (κ1) is 17.1. The molecule has 128 valence electrons. The lowest BCUT2D eigenvalue weighted by atomic mass is 10.2. The molecule has 1 saturated heterocycles. The number of carbonyl (C=O) groups excluding carboxylic acids is 1. The van der Waals surface area contributed by atoms with E-state index in [9.17, 15) is 4.79 Å². The number of benzene rings is 1. The minimum atomic E-state index is -0.160. The number of anilines is 2. The third-order valence-electron chi connectivity index (χ3n) is 3.42. The van der Waals surface area contributed by atoms with E-state index >= 15 is 0 Å². The van der Waals surface area contributed by atoms with Crippen LogP contribution in [-0.2, 0) is 9.53 Å². The van der Waals surface area contributed by atoms with E-state index in [-0.39, 0.29) is 11.7 Å². The first-order chi connectivity index (χ1) is 11.6. The van der Waals surface area contributed by atoms with Crippen molar-refractivity contribution < 1.29 is 13.9 Å². The molecule has 0 atom stereocenters. The molecular weight excluding hydrogens is 352 g/mol. The molecule has 2 heterocycles. The van der Waals surface area contributed by atoms with Crippen molar-refractivity contribution in [3.05, 3.63) is 29.1 Å². The Labute approximate surface area is 148 Å². The van der Waals surface area contributed by atoms with Crippen molar-refractivity contribution in [1.82, 2.24) is 10.2 Å². The molecule has 0 spiro atoms. The van der Waals surface area contributed by atoms with Crippen LogP contribution in [0.1, 0.15) is 5.89 Å². The first-order valence-electron chi connectivity index (χ1n) is 7.47. The van der Waals surface area contributed by atoms with Gasteiger partial charge in [-0.2, -0.15) is 0 Å². The molecule has 0 aliphatic carbocycles. The van der Waals surface area contributed by atoms with Crippen molar-refractivity contribution in [2.45, 2.75) is 12.1 Å². The fourth-order valence-corrected chi connectivity index (χ4v) is 3.27. The molecule has 0 saturated carbocycles. The predicted molar refractivity (Wildman–Crippen MR) is 92.9 cm³/mol. The number of nitrogens with one attached hydrogen (secondary N) is 1. The third-order valence-corrected chi connectivity index (χ3v) is 4.55. The van der Waals surface area contributed by atoms with Crippen LogP contribution < -0.4 is 10.2 Å². The van der Waals surface area contributed by atoms with Gasteiger partial charge < -0.3 is 19.4 Å². The maximum Gasteiger partial charge on any atom is 0.277 e. The topological polar surface area (TPSA) is 80.5 Å². The molecule has 2 aromatic rings. The van der Waals surface area contributed by atoms with Gasteiger partial charge in [0.25, 0.3) is 5.22 Å². The van der Waals surface area contributed by atoms with Gasteiger partial charge in [-0.15, -0.1) is 10.2 Å². The van der Waals surface area contributed by atoms with E-state index in [1.165, 1.54) is 11.8 Å². The number of aryl methyl sites for hydroxylation is 1. The highest BCUT2D eigenvalue weighted by Crippen LogP contribution is 2.34. The van der Waals surface area contributed by atoms with Gasteiger partial charge in [0.05, 0.1) is 35.4 Å². The van der Waals surface area contributed by atoms with Gasteiger partial charge >= 0.3 is 0 Å². The number of aromatic nitrogens is 2. The number of ether oxygens (including phenoxy) is 1. The Morgan fingerprint density at radius 3 is 2.88 bits per heavy atom. The second-order valence-electron chi connectivity index (χ2n) is 5.16. The molecule has 24 heavy (non-hydrogen) atoms. The molecule has 1 aromatic carbocycles. The molecule has 7 nitrogen and oxygen atoms in total. The van der Waals surface area contributed by atoms with Crippen LogP contribution in [0.5, 0.6) is 0 Å². The Balaban J connectivity index is 1.67. The van der Waals surface area contributed by atoms with E-state index in [1.54, 1.807) is 6.92 Å².